The van der Waals surface area contributed by atoms with Crippen molar-refractivity contribution in [3.8, 4) is 11.1 Å². The standard InChI is InChI=1S/C28H32Br2/c1-3-5-6-7-8-11-17-28(16-4-2)24-18-20(29)14-15-23(24)27-22-13-10-9-12-21(22)26(30)19-25(27)28/h9-10,12-15,18-19H,3-8,11,16-17H2,1-2H3. The van der Waals surface area contributed by atoms with Gasteiger partial charge in [0.1, 0.15) is 0 Å². The summed E-state index contributed by atoms with van der Waals surface area (Å²) in [5.41, 5.74) is 6.11. The van der Waals surface area contributed by atoms with Gasteiger partial charge in [-0.05, 0) is 64.1 Å². The quantitative estimate of drug-likeness (QED) is 0.243. The second-order valence-electron chi connectivity index (χ2n) is 8.87. The van der Waals surface area contributed by atoms with Gasteiger partial charge in [-0.1, -0.05) is 121 Å². The van der Waals surface area contributed by atoms with E-state index in [9.17, 15) is 0 Å². The second-order valence-corrected chi connectivity index (χ2v) is 10.6. The minimum absolute atomic E-state index is 0.126. The van der Waals surface area contributed by atoms with Gasteiger partial charge < -0.3 is 0 Å². The number of benzene rings is 3. The van der Waals surface area contributed by atoms with Crippen molar-refractivity contribution in [3.05, 3.63) is 68.6 Å². The number of rotatable bonds is 9. The van der Waals surface area contributed by atoms with Gasteiger partial charge >= 0.3 is 0 Å². The van der Waals surface area contributed by atoms with E-state index in [1.165, 1.54) is 99.8 Å². The highest BCUT2D eigenvalue weighted by molar-refractivity contribution is 9.11. The predicted octanol–water partition coefficient (Wildman–Crippen LogP) is 10.2. The van der Waals surface area contributed by atoms with E-state index in [0.717, 1.165) is 0 Å². The molecule has 0 amide bonds. The topological polar surface area (TPSA) is 0 Å². The number of unbranched alkanes of at least 4 members (excludes halogenated alkanes) is 5. The molecule has 0 saturated carbocycles. The van der Waals surface area contributed by atoms with Crippen LogP contribution in [0.3, 0.4) is 0 Å². The molecule has 0 nitrogen and oxygen atoms in total. The zero-order chi connectivity index (χ0) is 21.1. The zero-order valence-electron chi connectivity index (χ0n) is 18.2. The molecule has 0 aliphatic heterocycles. The third-order valence-corrected chi connectivity index (χ3v) is 8.06. The molecule has 3 aromatic carbocycles. The van der Waals surface area contributed by atoms with Crippen molar-refractivity contribution in [2.24, 2.45) is 0 Å². The molecule has 0 radical (unpaired) electrons. The van der Waals surface area contributed by atoms with Crippen molar-refractivity contribution >= 4 is 42.6 Å². The summed E-state index contributed by atoms with van der Waals surface area (Å²) in [6.45, 7) is 4.64. The number of halogens is 2. The Bertz CT molecular complexity index is 1040. The van der Waals surface area contributed by atoms with Crippen LogP contribution in [0.25, 0.3) is 21.9 Å². The lowest BCUT2D eigenvalue weighted by Gasteiger charge is -2.33. The predicted molar refractivity (Wildman–Crippen MR) is 138 cm³/mol. The number of fused-ring (bicyclic) bond motifs is 5. The van der Waals surface area contributed by atoms with Gasteiger partial charge in [0.25, 0.3) is 0 Å². The van der Waals surface area contributed by atoms with Gasteiger partial charge in [-0.2, -0.15) is 0 Å². The van der Waals surface area contributed by atoms with E-state index in [1.807, 2.05) is 0 Å². The summed E-state index contributed by atoms with van der Waals surface area (Å²) in [7, 11) is 0. The molecule has 0 bridgehead atoms. The molecule has 2 heteroatoms. The summed E-state index contributed by atoms with van der Waals surface area (Å²) >= 11 is 7.69. The first kappa shape index (κ1) is 22.1. The van der Waals surface area contributed by atoms with Crippen LogP contribution in [0.1, 0.15) is 82.8 Å². The van der Waals surface area contributed by atoms with Crippen LogP contribution in [0.5, 0.6) is 0 Å². The fraction of sp³-hybridized carbons (Fsp3) is 0.429. The molecule has 0 heterocycles. The molecular weight excluding hydrogens is 496 g/mol. The largest absolute Gasteiger partial charge is 0.0654 e. The average molecular weight is 528 g/mol. The highest BCUT2D eigenvalue weighted by atomic mass is 79.9. The lowest BCUT2D eigenvalue weighted by atomic mass is 9.71. The molecule has 0 spiro atoms. The Labute approximate surface area is 198 Å². The van der Waals surface area contributed by atoms with Gasteiger partial charge in [0.2, 0.25) is 0 Å². The Hall–Kier alpha value is -1.12. The highest BCUT2D eigenvalue weighted by Gasteiger charge is 2.43. The van der Waals surface area contributed by atoms with Gasteiger partial charge in [0, 0.05) is 14.4 Å². The van der Waals surface area contributed by atoms with Gasteiger partial charge in [-0.15, -0.1) is 0 Å². The SMILES string of the molecule is CCCCCCCCC1(CCC)c2cc(Br)ccc2-c2c1cc(Br)c1ccccc21. The molecule has 0 saturated heterocycles. The Morgan fingerprint density at radius 1 is 0.700 bits per heavy atom. The fourth-order valence-electron chi connectivity index (χ4n) is 5.57. The van der Waals surface area contributed by atoms with E-state index in [4.69, 9.17) is 0 Å². The summed E-state index contributed by atoms with van der Waals surface area (Å²) in [6.07, 6.45) is 11.7. The average Bonchev–Trinajstić information content (AvgIpc) is 3.00. The molecule has 1 unspecified atom stereocenters. The zero-order valence-corrected chi connectivity index (χ0v) is 21.4. The van der Waals surface area contributed by atoms with Crippen LogP contribution in [0.15, 0.2) is 57.5 Å². The maximum Gasteiger partial charge on any atom is 0.0257 e. The summed E-state index contributed by atoms with van der Waals surface area (Å²) in [6, 6.07) is 18.3. The molecule has 0 aromatic heterocycles. The minimum atomic E-state index is 0.126. The third-order valence-electron chi connectivity index (χ3n) is 6.91. The normalized spacial score (nSPS) is 17.3. The maximum atomic E-state index is 3.91. The number of hydrogen-bond acceptors (Lipinski definition) is 0. The Morgan fingerprint density at radius 2 is 1.43 bits per heavy atom. The van der Waals surface area contributed by atoms with E-state index in [2.05, 4.69) is 94.2 Å². The molecule has 4 rings (SSSR count). The van der Waals surface area contributed by atoms with Crippen LogP contribution in [0.4, 0.5) is 0 Å². The van der Waals surface area contributed by atoms with Crippen molar-refractivity contribution in [3.63, 3.8) is 0 Å². The van der Waals surface area contributed by atoms with Crippen LogP contribution in [0, 0.1) is 0 Å². The van der Waals surface area contributed by atoms with Gasteiger partial charge in [0.05, 0.1) is 0 Å². The van der Waals surface area contributed by atoms with Gasteiger partial charge in [-0.3, -0.25) is 0 Å². The monoisotopic (exact) mass is 526 g/mol. The Kier molecular flexibility index (Phi) is 7.05. The first-order valence-corrected chi connectivity index (χ1v) is 13.2. The van der Waals surface area contributed by atoms with Gasteiger partial charge in [-0.25, -0.2) is 0 Å². The first-order valence-electron chi connectivity index (χ1n) is 11.6. The van der Waals surface area contributed by atoms with Crippen LogP contribution < -0.4 is 0 Å². The molecule has 30 heavy (non-hydrogen) atoms. The van der Waals surface area contributed by atoms with E-state index in [0.29, 0.717) is 0 Å². The van der Waals surface area contributed by atoms with Crippen molar-refractivity contribution < 1.29 is 0 Å². The Morgan fingerprint density at radius 3 is 2.20 bits per heavy atom. The lowest BCUT2D eigenvalue weighted by molar-refractivity contribution is 0.414. The van der Waals surface area contributed by atoms with E-state index >= 15 is 0 Å². The van der Waals surface area contributed by atoms with Crippen molar-refractivity contribution in [2.75, 3.05) is 0 Å². The lowest BCUT2D eigenvalue weighted by Crippen LogP contribution is -2.25. The van der Waals surface area contributed by atoms with Crippen molar-refractivity contribution in [1.29, 1.82) is 0 Å². The minimum Gasteiger partial charge on any atom is -0.0654 e. The molecule has 1 atom stereocenters. The molecular formula is C28H32Br2. The molecule has 1 aliphatic carbocycles. The third kappa shape index (κ3) is 3.91. The van der Waals surface area contributed by atoms with Crippen LogP contribution >= 0.6 is 31.9 Å². The number of hydrogen-bond donors (Lipinski definition) is 0. The first-order chi connectivity index (χ1) is 14.6. The molecule has 3 aromatic rings. The summed E-state index contributed by atoms with van der Waals surface area (Å²) in [5, 5.41) is 2.70. The van der Waals surface area contributed by atoms with Crippen LogP contribution in [-0.2, 0) is 5.41 Å². The van der Waals surface area contributed by atoms with E-state index in [1.54, 1.807) is 0 Å². The van der Waals surface area contributed by atoms with Crippen molar-refractivity contribution in [2.45, 2.75) is 77.0 Å². The summed E-state index contributed by atoms with van der Waals surface area (Å²) in [4.78, 5) is 0. The van der Waals surface area contributed by atoms with Gasteiger partial charge in [0.15, 0.2) is 0 Å². The highest BCUT2D eigenvalue weighted by Crippen LogP contribution is 2.57. The molecule has 0 fully saturated rings. The van der Waals surface area contributed by atoms with E-state index < -0.39 is 0 Å². The van der Waals surface area contributed by atoms with Crippen molar-refractivity contribution in [1.82, 2.24) is 0 Å². The smallest absolute Gasteiger partial charge is 0.0257 e. The van der Waals surface area contributed by atoms with Crippen LogP contribution in [-0.4, -0.2) is 0 Å². The molecule has 0 N–H and O–H groups in total. The van der Waals surface area contributed by atoms with E-state index in [-0.39, 0.29) is 5.41 Å². The Balaban J connectivity index is 1.83. The van der Waals surface area contributed by atoms with Crippen LogP contribution in [0.2, 0.25) is 0 Å². The maximum absolute atomic E-state index is 3.91. The molecule has 158 valence electrons. The summed E-state index contributed by atoms with van der Waals surface area (Å²) < 4.78 is 2.42. The second kappa shape index (κ2) is 9.57. The fourth-order valence-corrected chi connectivity index (χ4v) is 6.51. The summed E-state index contributed by atoms with van der Waals surface area (Å²) in [5.74, 6) is 0. The molecule has 1 aliphatic rings.